The Labute approximate surface area is 115 Å². The fraction of sp³-hybridized carbons (Fsp3) is 0.462. The molecule has 7 heteroatoms. The van der Waals surface area contributed by atoms with Crippen LogP contribution in [0.4, 0.5) is 13.2 Å². The van der Waals surface area contributed by atoms with Crippen LogP contribution in [0.1, 0.15) is 18.4 Å². The summed E-state index contributed by atoms with van der Waals surface area (Å²) in [5.74, 6) is -0.333. The molecule has 0 saturated carbocycles. The topological polar surface area (TPSA) is 64.4 Å². The van der Waals surface area contributed by atoms with E-state index in [4.69, 9.17) is 5.73 Å². The summed E-state index contributed by atoms with van der Waals surface area (Å²) in [6.07, 6.45) is -3.12. The van der Waals surface area contributed by atoms with Gasteiger partial charge in [-0.1, -0.05) is 12.1 Å². The molecule has 20 heavy (non-hydrogen) atoms. The highest BCUT2D eigenvalue weighted by Gasteiger charge is 2.30. The van der Waals surface area contributed by atoms with Crippen LogP contribution in [0, 0.1) is 0 Å². The monoisotopic (exact) mass is 290 g/mol. The van der Waals surface area contributed by atoms with Crippen LogP contribution in [-0.4, -0.2) is 25.4 Å². The number of benzene rings is 1. The van der Waals surface area contributed by atoms with Gasteiger partial charge in [-0.3, -0.25) is 4.79 Å². The molecule has 1 aromatic rings. The zero-order valence-electron chi connectivity index (χ0n) is 10.9. The molecule has 0 radical (unpaired) electrons. The first-order valence-electron chi connectivity index (χ1n) is 6.22. The predicted octanol–water partition coefficient (Wildman–Crippen LogP) is 1.98. The quantitative estimate of drug-likeness (QED) is 0.807. The number of hydrogen-bond donors (Lipinski definition) is 2. The van der Waals surface area contributed by atoms with E-state index in [2.05, 4.69) is 10.1 Å². The Morgan fingerprint density at radius 1 is 1.25 bits per heavy atom. The molecule has 0 saturated heterocycles. The molecule has 0 heterocycles. The van der Waals surface area contributed by atoms with Gasteiger partial charge in [-0.15, -0.1) is 13.2 Å². The van der Waals surface area contributed by atoms with Crippen LogP contribution >= 0.6 is 0 Å². The summed E-state index contributed by atoms with van der Waals surface area (Å²) in [6.45, 7) is 0.900. The van der Waals surface area contributed by atoms with Crippen LogP contribution in [0.2, 0.25) is 0 Å². The zero-order valence-corrected chi connectivity index (χ0v) is 10.9. The normalized spacial score (nSPS) is 11.2. The Morgan fingerprint density at radius 2 is 1.90 bits per heavy atom. The van der Waals surface area contributed by atoms with E-state index in [1.54, 1.807) is 0 Å². The van der Waals surface area contributed by atoms with Crippen LogP contribution in [0.25, 0.3) is 0 Å². The maximum Gasteiger partial charge on any atom is 0.573 e. The molecular formula is C13H17F3N2O2. The molecule has 0 aliphatic heterocycles. The van der Waals surface area contributed by atoms with Crippen molar-refractivity contribution in [2.24, 2.45) is 5.73 Å². The highest BCUT2D eigenvalue weighted by molar-refractivity contribution is 5.75. The van der Waals surface area contributed by atoms with E-state index in [1.165, 1.54) is 24.3 Å². The first-order valence-corrected chi connectivity index (χ1v) is 6.22. The Bertz CT molecular complexity index is 419. The molecule has 1 amide bonds. The van der Waals surface area contributed by atoms with E-state index in [0.717, 1.165) is 5.56 Å². The number of nitrogens with one attached hydrogen (secondary N) is 1. The van der Waals surface area contributed by atoms with Crippen LogP contribution in [-0.2, 0) is 11.2 Å². The highest BCUT2D eigenvalue weighted by atomic mass is 19.4. The number of hydrogen-bond acceptors (Lipinski definition) is 3. The van der Waals surface area contributed by atoms with Gasteiger partial charge in [0.1, 0.15) is 5.75 Å². The lowest BCUT2D eigenvalue weighted by atomic mass is 10.1. The molecule has 0 aliphatic rings. The lowest BCUT2D eigenvalue weighted by Gasteiger charge is -2.09. The van der Waals surface area contributed by atoms with Gasteiger partial charge >= 0.3 is 6.36 Å². The van der Waals surface area contributed by atoms with Crippen molar-refractivity contribution in [1.82, 2.24) is 5.32 Å². The van der Waals surface area contributed by atoms with Crippen molar-refractivity contribution in [3.63, 3.8) is 0 Å². The fourth-order valence-corrected chi connectivity index (χ4v) is 1.56. The highest BCUT2D eigenvalue weighted by Crippen LogP contribution is 2.22. The summed E-state index contributed by atoms with van der Waals surface area (Å²) in [6, 6.07) is 5.57. The van der Waals surface area contributed by atoms with Gasteiger partial charge in [0.05, 0.1) is 0 Å². The van der Waals surface area contributed by atoms with E-state index in [0.29, 0.717) is 32.4 Å². The second kappa shape index (κ2) is 7.74. The van der Waals surface area contributed by atoms with Crippen molar-refractivity contribution in [3.05, 3.63) is 29.8 Å². The number of alkyl halides is 3. The number of nitrogens with two attached hydrogens (primary N) is 1. The van der Waals surface area contributed by atoms with E-state index in [-0.39, 0.29) is 11.7 Å². The number of halogens is 3. The molecule has 0 bridgehead atoms. The maximum absolute atomic E-state index is 12.0. The minimum atomic E-state index is -4.68. The van der Waals surface area contributed by atoms with Gasteiger partial charge in [0.25, 0.3) is 0 Å². The van der Waals surface area contributed by atoms with Gasteiger partial charge in [-0.05, 0) is 37.1 Å². The summed E-state index contributed by atoms with van der Waals surface area (Å²) in [4.78, 5) is 11.3. The molecule has 4 nitrogen and oxygen atoms in total. The van der Waals surface area contributed by atoms with Crippen LogP contribution in [0.15, 0.2) is 24.3 Å². The Morgan fingerprint density at radius 3 is 2.45 bits per heavy atom. The summed E-state index contributed by atoms with van der Waals surface area (Å²) < 4.78 is 39.6. The average Bonchev–Trinajstić information content (AvgIpc) is 2.37. The zero-order chi connectivity index (χ0) is 15.0. The molecule has 0 aromatic heterocycles. The summed E-state index contributed by atoms with van der Waals surface area (Å²) in [7, 11) is 0. The van der Waals surface area contributed by atoms with E-state index in [1.807, 2.05) is 0 Å². The second-order valence-corrected chi connectivity index (χ2v) is 4.18. The molecule has 3 N–H and O–H groups in total. The van der Waals surface area contributed by atoms with Gasteiger partial charge in [-0.25, -0.2) is 0 Å². The maximum atomic E-state index is 12.0. The van der Waals surface area contributed by atoms with Gasteiger partial charge in [0, 0.05) is 13.0 Å². The van der Waals surface area contributed by atoms with Crippen molar-refractivity contribution in [2.45, 2.75) is 25.6 Å². The van der Waals surface area contributed by atoms with E-state index >= 15 is 0 Å². The third-order valence-electron chi connectivity index (χ3n) is 2.50. The van der Waals surface area contributed by atoms with E-state index in [9.17, 15) is 18.0 Å². The smallest absolute Gasteiger partial charge is 0.406 e. The molecule has 0 atom stereocenters. The Kier molecular flexibility index (Phi) is 6.30. The third-order valence-corrected chi connectivity index (χ3v) is 2.50. The van der Waals surface area contributed by atoms with E-state index < -0.39 is 6.36 Å². The van der Waals surface area contributed by atoms with Gasteiger partial charge in [0.2, 0.25) is 5.91 Å². The molecule has 0 spiro atoms. The second-order valence-electron chi connectivity index (χ2n) is 4.18. The van der Waals surface area contributed by atoms with Gasteiger partial charge in [0.15, 0.2) is 0 Å². The summed E-state index contributed by atoms with van der Waals surface area (Å²) in [5, 5.41) is 2.71. The van der Waals surface area contributed by atoms with Crippen molar-refractivity contribution < 1.29 is 22.7 Å². The minimum Gasteiger partial charge on any atom is -0.406 e. The number of carbonyl (C=O) groups is 1. The molecular weight excluding hydrogens is 273 g/mol. The van der Waals surface area contributed by atoms with Crippen molar-refractivity contribution in [1.29, 1.82) is 0 Å². The molecule has 0 aliphatic carbocycles. The van der Waals surface area contributed by atoms with Crippen molar-refractivity contribution in [3.8, 4) is 5.75 Å². The number of amides is 1. The Hall–Kier alpha value is -1.76. The predicted molar refractivity (Wildman–Crippen MR) is 68.1 cm³/mol. The fourth-order valence-electron chi connectivity index (χ4n) is 1.56. The standard InChI is InChI=1S/C13H17F3N2O2/c14-13(15,16)20-11-5-3-10(4-6-11)7-9-18-12(19)2-1-8-17/h3-6H,1-2,7-9,17H2,(H,18,19). The minimum absolute atomic E-state index is 0.0764. The summed E-state index contributed by atoms with van der Waals surface area (Å²) in [5.41, 5.74) is 6.10. The van der Waals surface area contributed by atoms with Crippen LogP contribution < -0.4 is 15.8 Å². The molecule has 0 unspecified atom stereocenters. The van der Waals surface area contributed by atoms with Crippen LogP contribution in [0.5, 0.6) is 5.75 Å². The lowest BCUT2D eigenvalue weighted by Crippen LogP contribution is -2.26. The van der Waals surface area contributed by atoms with Crippen LogP contribution in [0.3, 0.4) is 0 Å². The first-order chi connectivity index (χ1) is 9.40. The SMILES string of the molecule is NCCCC(=O)NCCc1ccc(OC(F)(F)F)cc1. The average molecular weight is 290 g/mol. The largest absolute Gasteiger partial charge is 0.573 e. The number of rotatable bonds is 7. The number of carbonyl (C=O) groups excluding carboxylic acids is 1. The molecule has 1 aromatic carbocycles. The lowest BCUT2D eigenvalue weighted by molar-refractivity contribution is -0.274. The molecule has 112 valence electrons. The van der Waals surface area contributed by atoms with Crippen molar-refractivity contribution >= 4 is 5.91 Å². The summed E-state index contributed by atoms with van der Waals surface area (Å²) >= 11 is 0. The first kappa shape index (κ1) is 16.3. The number of ether oxygens (including phenoxy) is 1. The molecule has 1 rings (SSSR count). The molecule has 0 fully saturated rings. The van der Waals surface area contributed by atoms with Gasteiger partial charge < -0.3 is 15.8 Å². The van der Waals surface area contributed by atoms with Crippen molar-refractivity contribution in [2.75, 3.05) is 13.1 Å². The van der Waals surface area contributed by atoms with Gasteiger partial charge in [-0.2, -0.15) is 0 Å². The third kappa shape index (κ3) is 6.98. The Balaban J connectivity index is 2.33.